The molecule has 1 atom stereocenters. The molecule has 22 heavy (non-hydrogen) atoms. The summed E-state index contributed by atoms with van der Waals surface area (Å²) in [4.78, 5) is 4.04. The summed E-state index contributed by atoms with van der Waals surface area (Å²) in [6.45, 7) is 5.31. The van der Waals surface area contributed by atoms with Crippen LogP contribution in [0.4, 0.5) is 13.2 Å². The standard InChI is InChI=1S/C15H22F3N3.HI/c1-4-20-14(19-3)21-9-8-11(2)12-6-5-7-13(10-12)15(16,17)18;/h5-7,10-11H,4,8-9H2,1-3H3,(H2,19,20,21);1H. The minimum Gasteiger partial charge on any atom is -0.357 e. The van der Waals surface area contributed by atoms with E-state index < -0.39 is 11.7 Å². The molecule has 0 aliphatic carbocycles. The molecular weight excluding hydrogens is 406 g/mol. The van der Waals surface area contributed by atoms with Crippen molar-refractivity contribution in [3.05, 3.63) is 35.4 Å². The van der Waals surface area contributed by atoms with Crippen LogP contribution in [-0.4, -0.2) is 26.1 Å². The van der Waals surface area contributed by atoms with Crippen LogP contribution in [0.3, 0.4) is 0 Å². The molecule has 0 heterocycles. The van der Waals surface area contributed by atoms with E-state index in [-0.39, 0.29) is 29.9 Å². The highest BCUT2D eigenvalue weighted by atomic mass is 127. The number of benzene rings is 1. The fourth-order valence-corrected chi connectivity index (χ4v) is 1.98. The van der Waals surface area contributed by atoms with Crippen molar-refractivity contribution in [3.63, 3.8) is 0 Å². The van der Waals surface area contributed by atoms with Crippen LogP contribution in [0.2, 0.25) is 0 Å². The zero-order valence-electron chi connectivity index (χ0n) is 13.0. The first-order valence-electron chi connectivity index (χ1n) is 7.00. The number of alkyl halides is 3. The van der Waals surface area contributed by atoms with Crippen LogP contribution in [0, 0.1) is 0 Å². The van der Waals surface area contributed by atoms with Crippen molar-refractivity contribution in [3.8, 4) is 0 Å². The van der Waals surface area contributed by atoms with E-state index in [0.29, 0.717) is 18.1 Å². The number of hydrogen-bond donors (Lipinski definition) is 2. The van der Waals surface area contributed by atoms with Crippen molar-refractivity contribution in [2.75, 3.05) is 20.1 Å². The lowest BCUT2D eigenvalue weighted by Gasteiger charge is -2.16. The summed E-state index contributed by atoms with van der Waals surface area (Å²) < 4.78 is 38.1. The second-order valence-corrected chi connectivity index (χ2v) is 4.84. The molecule has 2 N–H and O–H groups in total. The lowest BCUT2D eigenvalue weighted by atomic mass is 9.96. The molecule has 1 unspecified atom stereocenters. The molecule has 0 bridgehead atoms. The van der Waals surface area contributed by atoms with Crippen LogP contribution in [0.5, 0.6) is 0 Å². The Balaban J connectivity index is 0.00000441. The maximum Gasteiger partial charge on any atom is 0.416 e. The lowest BCUT2D eigenvalue weighted by Crippen LogP contribution is -2.37. The number of rotatable bonds is 5. The molecule has 0 aromatic heterocycles. The van der Waals surface area contributed by atoms with Gasteiger partial charge in [-0.15, -0.1) is 24.0 Å². The summed E-state index contributed by atoms with van der Waals surface area (Å²) in [6, 6.07) is 5.52. The second kappa shape index (κ2) is 9.91. The molecule has 0 aliphatic rings. The average Bonchev–Trinajstić information content (AvgIpc) is 2.45. The van der Waals surface area contributed by atoms with Crippen molar-refractivity contribution >= 4 is 29.9 Å². The van der Waals surface area contributed by atoms with Crippen LogP contribution in [0.25, 0.3) is 0 Å². The monoisotopic (exact) mass is 429 g/mol. The zero-order valence-corrected chi connectivity index (χ0v) is 15.3. The van der Waals surface area contributed by atoms with E-state index in [4.69, 9.17) is 0 Å². The summed E-state index contributed by atoms with van der Waals surface area (Å²) >= 11 is 0. The van der Waals surface area contributed by atoms with Crippen LogP contribution < -0.4 is 10.6 Å². The Kier molecular flexibility index (Phi) is 9.47. The predicted molar refractivity (Wildman–Crippen MR) is 94.9 cm³/mol. The number of guanidine groups is 1. The van der Waals surface area contributed by atoms with Gasteiger partial charge in [-0.3, -0.25) is 4.99 Å². The Labute approximate surface area is 146 Å². The summed E-state index contributed by atoms with van der Waals surface area (Å²) in [7, 11) is 1.68. The highest BCUT2D eigenvalue weighted by molar-refractivity contribution is 14.0. The Hall–Kier alpha value is -0.990. The third kappa shape index (κ3) is 6.85. The van der Waals surface area contributed by atoms with E-state index in [0.717, 1.165) is 19.0 Å². The Bertz CT molecular complexity index is 475. The summed E-state index contributed by atoms with van der Waals surface area (Å²) in [5, 5.41) is 6.20. The highest BCUT2D eigenvalue weighted by Crippen LogP contribution is 2.31. The smallest absolute Gasteiger partial charge is 0.357 e. The quantitative estimate of drug-likeness (QED) is 0.422. The normalized spacial score (nSPS) is 13.3. The number of halogens is 4. The van der Waals surface area contributed by atoms with Crippen molar-refractivity contribution in [2.24, 2.45) is 4.99 Å². The SMILES string of the molecule is CCNC(=NC)NCCC(C)c1cccc(C(F)(F)F)c1.I. The van der Waals surface area contributed by atoms with E-state index in [1.165, 1.54) is 12.1 Å². The number of aliphatic imine (C=N–C) groups is 1. The van der Waals surface area contributed by atoms with Gasteiger partial charge < -0.3 is 10.6 Å². The van der Waals surface area contributed by atoms with Gasteiger partial charge >= 0.3 is 6.18 Å². The van der Waals surface area contributed by atoms with Gasteiger partial charge in [-0.25, -0.2) is 0 Å². The summed E-state index contributed by atoms with van der Waals surface area (Å²) in [6.07, 6.45) is -3.56. The van der Waals surface area contributed by atoms with Gasteiger partial charge in [-0.2, -0.15) is 13.2 Å². The van der Waals surface area contributed by atoms with Crippen LogP contribution in [0.15, 0.2) is 29.3 Å². The van der Waals surface area contributed by atoms with E-state index in [9.17, 15) is 13.2 Å². The van der Waals surface area contributed by atoms with Crippen LogP contribution >= 0.6 is 24.0 Å². The highest BCUT2D eigenvalue weighted by Gasteiger charge is 2.30. The van der Waals surface area contributed by atoms with Crippen LogP contribution in [-0.2, 0) is 6.18 Å². The maximum atomic E-state index is 12.7. The Morgan fingerprint density at radius 3 is 2.50 bits per heavy atom. The molecule has 0 aliphatic heterocycles. The third-order valence-electron chi connectivity index (χ3n) is 3.22. The first kappa shape index (κ1) is 21.0. The van der Waals surface area contributed by atoms with E-state index >= 15 is 0 Å². The van der Waals surface area contributed by atoms with Crippen molar-refractivity contribution in [2.45, 2.75) is 32.4 Å². The second-order valence-electron chi connectivity index (χ2n) is 4.84. The number of nitrogens with one attached hydrogen (secondary N) is 2. The maximum absolute atomic E-state index is 12.7. The van der Waals surface area contributed by atoms with Gasteiger partial charge in [0.25, 0.3) is 0 Å². The zero-order chi connectivity index (χ0) is 15.9. The topological polar surface area (TPSA) is 36.4 Å². The van der Waals surface area contributed by atoms with Crippen molar-refractivity contribution in [1.82, 2.24) is 10.6 Å². The molecule has 0 fully saturated rings. The third-order valence-corrected chi connectivity index (χ3v) is 3.22. The van der Waals surface area contributed by atoms with Gasteiger partial charge in [0.05, 0.1) is 5.56 Å². The van der Waals surface area contributed by atoms with Crippen molar-refractivity contribution in [1.29, 1.82) is 0 Å². The number of hydrogen-bond acceptors (Lipinski definition) is 1. The molecule has 126 valence electrons. The molecule has 1 aromatic carbocycles. The molecule has 0 spiro atoms. The molecule has 1 rings (SSSR count). The minimum absolute atomic E-state index is 0. The molecule has 3 nitrogen and oxygen atoms in total. The average molecular weight is 429 g/mol. The fourth-order valence-electron chi connectivity index (χ4n) is 1.98. The van der Waals surface area contributed by atoms with Gasteiger partial charge in [0.2, 0.25) is 0 Å². The molecule has 1 aromatic rings. The van der Waals surface area contributed by atoms with Crippen molar-refractivity contribution < 1.29 is 13.2 Å². The summed E-state index contributed by atoms with van der Waals surface area (Å²) in [5.74, 6) is 0.744. The van der Waals surface area contributed by atoms with Gasteiger partial charge in [-0.1, -0.05) is 25.1 Å². The Morgan fingerprint density at radius 1 is 1.27 bits per heavy atom. The lowest BCUT2D eigenvalue weighted by molar-refractivity contribution is -0.137. The predicted octanol–water partition coefficient (Wildman–Crippen LogP) is 4.00. The van der Waals surface area contributed by atoms with Gasteiger partial charge in [-0.05, 0) is 30.9 Å². The first-order valence-corrected chi connectivity index (χ1v) is 7.00. The fraction of sp³-hybridized carbons (Fsp3) is 0.533. The van der Waals surface area contributed by atoms with Gasteiger partial charge in [0, 0.05) is 20.1 Å². The molecule has 0 saturated heterocycles. The van der Waals surface area contributed by atoms with E-state index in [1.807, 2.05) is 13.8 Å². The van der Waals surface area contributed by atoms with Crippen LogP contribution in [0.1, 0.15) is 37.3 Å². The number of nitrogens with zero attached hydrogens (tertiary/aromatic N) is 1. The van der Waals surface area contributed by atoms with Gasteiger partial charge in [0.15, 0.2) is 5.96 Å². The molecular formula is C15H23F3IN3. The molecule has 0 amide bonds. The molecule has 7 heteroatoms. The first-order chi connectivity index (χ1) is 9.88. The molecule has 0 radical (unpaired) electrons. The summed E-state index contributed by atoms with van der Waals surface area (Å²) in [5.41, 5.74) is 0.105. The Morgan fingerprint density at radius 2 is 1.95 bits per heavy atom. The van der Waals surface area contributed by atoms with E-state index in [1.54, 1.807) is 13.1 Å². The van der Waals surface area contributed by atoms with Gasteiger partial charge in [0.1, 0.15) is 0 Å². The minimum atomic E-state index is -4.29. The van der Waals surface area contributed by atoms with E-state index in [2.05, 4.69) is 15.6 Å². The largest absolute Gasteiger partial charge is 0.416 e. The molecule has 0 saturated carbocycles.